The zero-order valence-electron chi connectivity index (χ0n) is 10.00. The van der Waals surface area contributed by atoms with Crippen molar-refractivity contribution in [1.82, 2.24) is 0 Å². The van der Waals surface area contributed by atoms with Crippen LogP contribution in [0.25, 0.3) is 0 Å². The molecule has 0 aliphatic rings. The first kappa shape index (κ1) is 13.9. The van der Waals surface area contributed by atoms with Crippen molar-refractivity contribution >= 4 is 22.4 Å². The number of rotatable bonds is 5. The molecule has 1 N–H and O–H groups in total. The van der Waals surface area contributed by atoms with Crippen LogP contribution in [-0.2, 0) is 15.6 Å². The third-order valence-corrected chi connectivity index (χ3v) is 4.08. The Bertz CT molecular complexity index is 394. The predicted octanol–water partition coefficient (Wildman–Crippen LogP) is 0.779. The molecule has 0 aromatic heterocycles. The van der Waals surface area contributed by atoms with Gasteiger partial charge >= 0.3 is 0 Å². The van der Waals surface area contributed by atoms with Gasteiger partial charge in [0.05, 0.1) is 6.61 Å². The zero-order chi connectivity index (χ0) is 12.8. The number of anilines is 1. The van der Waals surface area contributed by atoms with Crippen LogP contribution >= 0.6 is 0 Å². The highest BCUT2D eigenvalue weighted by Gasteiger charge is 2.23. The quantitative estimate of drug-likeness (QED) is 0.846. The molecule has 0 aliphatic heterocycles. The summed E-state index contributed by atoms with van der Waals surface area (Å²) in [6, 6.07) is 9.19. The summed E-state index contributed by atoms with van der Waals surface area (Å²) in [5, 5.41) is 8.10. The van der Waals surface area contributed by atoms with Gasteiger partial charge in [0.25, 0.3) is 0 Å². The molecule has 5 heteroatoms. The lowest BCUT2D eigenvalue weighted by atomic mass is 10.3. The summed E-state index contributed by atoms with van der Waals surface area (Å²) in [4.78, 5) is 13.5. The van der Waals surface area contributed by atoms with E-state index in [1.54, 1.807) is 14.0 Å². The maximum absolute atomic E-state index is 12.0. The molecular formula is C12H17NO3S. The molecule has 0 bridgehead atoms. The number of para-hydroxylation sites is 1. The highest BCUT2D eigenvalue weighted by molar-refractivity contribution is 7.86. The fourth-order valence-corrected chi connectivity index (χ4v) is 2.35. The molecule has 0 heterocycles. The number of hydrogen-bond acceptors (Lipinski definition) is 3. The van der Waals surface area contributed by atoms with Gasteiger partial charge in [-0.3, -0.25) is 9.00 Å². The Labute approximate surface area is 104 Å². The summed E-state index contributed by atoms with van der Waals surface area (Å²) in [5.74, 6) is -0.0711. The van der Waals surface area contributed by atoms with E-state index in [9.17, 15) is 9.00 Å². The van der Waals surface area contributed by atoms with Crippen molar-refractivity contribution in [3.8, 4) is 0 Å². The van der Waals surface area contributed by atoms with Crippen LogP contribution in [-0.4, -0.2) is 39.9 Å². The first-order valence-electron chi connectivity index (χ1n) is 5.38. The van der Waals surface area contributed by atoms with Crippen LogP contribution in [0, 0.1) is 0 Å². The minimum atomic E-state index is -1.33. The molecule has 94 valence electrons. The van der Waals surface area contributed by atoms with Crippen LogP contribution in [0.5, 0.6) is 0 Å². The van der Waals surface area contributed by atoms with Gasteiger partial charge in [0.1, 0.15) is 5.25 Å². The van der Waals surface area contributed by atoms with Crippen LogP contribution in [0.1, 0.15) is 6.92 Å². The van der Waals surface area contributed by atoms with E-state index in [1.807, 2.05) is 30.3 Å². The SMILES string of the molecule is C[C@@H](C(=O)N(C)c1ccccc1)[S@@](=O)CCO. The monoisotopic (exact) mass is 255 g/mol. The maximum atomic E-state index is 12.0. The van der Waals surface area contributed by atoms with Crippen molar-refractivity contribution in [1.29, 1.82) is 0 Å². The number of carbonyl (C=O) groups is 1. The van der Waals surface area contributed by atoms with Crippen LogP contribution in [0.3, 0.4) is 0 Å². The second-order valence-corrected chi connectivity index (χ2v) is 5.56. The van der Waals surface area contributed by atoms with Crippen molar-refractivity contribution in [2.45, 2.75) is 12.2 Å². The number of amides is 1. The standard InChI is InChI=1S/C12H17NO3S/c1-10(17(16)9-8-14)12(15)13(2)11-6-4-3-5-7-11/h3-7,10,14H,8-9H2,1-2H3/t10-,17-/m0/s1. The van der Waals surface area contributed by atoms with E-state index in [0.717, 1.165) is 5.69 Å². The highest BCUT2D eigenvalue weighted by atomic mass is 32.2. The van der Waals surface area contributed by atoms with Crippen molar-refractivity contribution in [2.75, 3.05) is 24.3 Å². The average molecular weight is 255 g/mol. The molecule has 1 aromatic carbocycles. The second-order valence-electron chi connectivity index (χ2n) is 3.68. The summed E-state index contributed by atoms with van der Waals surface area (Å²) in [6.07, 6.45) is 0. The molecule has 0 spiro atoms. The summed E-state index contributed by atoms with van der Waals surface area (Å²) in [6.45, 7) is 1.45. The van der Waals surface area contributed by atoms with E-state index in [1.165, 1.54) is 4.90 Å². The number of aliphatic hydroxyl groups excluding tert-OH is 1. The number of aliphatic hydroxyl groups is 1. The molecule has 4 nitrogen and oxygen atoms in total. The zero-order valence-corrected chi connectivity index (χ0v) is 10.8. The summed E-state index contributed by atoms with van der Waals surface area (Å²) in [5.41, 5.74) is 0.769. The van der Waals surface area contributed by atoms with E-state index in [0.29, 0.717) is 0 Å². The second kappa shape index (κ2) is 6.51. The third kappa shape index (κ3) is 3.64. The lowest BCUT2D eigenvalue weighted by Gasteiger charge is -2.20. The molecule has 0 aliphatic carbocycles. The Kier molecular flexibility index (Phi) is 5.31. The molecule has 1 amide bonds. The van der Waals surface area contributed by atoms with Gasteiger partial charge < -0.3 is 10.0 Å². The molecule has 0 unspecified atom stereocenters. The maximum Gasteiger partial charge on any atom is 0.242 e. The topological polar surface area (TPSA) is 57.6 Å². The Morgan fingerprint density at radius 2 is 2.00 bits per heavy atom. The summed E-state index contributed by atoms with van der Waals surface area (Å²) in [7, 11) is 0.327. The van der Waals surface area contributed by atoms with E-state index >= 15 is 0 Å². The minimum absolute atomic E-state index is 0.134. The lowest BCUT2D eigenvalue weighted by molar-refractivity contribution is -0.117. The van der Waals surface area contributed by atoms with Crippen molar-refractivity contribution in [3.63, 3.8) is 0 Å². The number of hydrogen-bond donors (Lipinski definition) is 1. The molecule has 0 saturated carbocycles. The fourth-order valence-electron chi connectivity index (χ4n) is 1.43. The molecule has 0 fully saturated rings. The van der Waals surface area contributed by atoms with Gasteiger partial charge in [0, 0.05) is 29.3 Å². The summed E-state index contributed by atoms with van der Waals surface area (Å²) >= 11 is 0. The van der Waals surface area contributed by atoms with Gasteiger partial charge in [-0.05, 0) is 19.1 Å². The Hall–Kier alpha value is -1.20. The van der Waals surface area contributed by atoms with Gasteiger partial charge in [0.2, 0.25) is 5.91 Å². The van der Waals surface area contributed by atoms with Gasteiger partial charge in [-0.25, -0.2) is 0 Å². The first-order chi connectivity index (χ1) is 8.07. The van der Waals surface area contributed by atoms with Crippen molar-refractivity contribution in [2.24, 2.45) is 0 Å². The van der Waals surface area contributed by atoms with Gasteiger partial charge in [-0.2, -0.15) is 0 Å². The molecular weight excluding hydrogens is 238 g/mol. The number of nitrogens with zero attached hydrogens (tertiary/aromatic N) is 1. The van der Waals surface area contributed by atoms with Crippen molar-refractivity contribution < 1.29 is 14.1 Å². The molecule has 2 atom stereocenters. The minimum Gasteiger partial charge on any atom is -0.395 e. The number of carbonyl (C=O) groups excluding carboxylic acids is 1. The van der Waals surface area contributed by atoms with Crippen LogP contribution in [0.2, 0.25) is 0 Å². The normalized spacial score (nSPS) is 14.1. The van der Waals surface area contributed by atoms with Gasteiger partial charge in [0.15, 0.2) is 0 Å². The lowest BCUT2D eigenvalue weighted by Crippen LogP contribution is -2.38. The van der Waals surface area contributed by atoms with E-state index in [4.69, 9.17) is 5.11 Å². The predicted molar refractivity (Wildman–Crippen MR) is 69.4 cm³/mol. The van der Waals surface area contributed by atoms with Crippen LogP contribution in [0.15, 0.2) is 30.3 Å². The fraction of sp³-hybridized carbons (Fsp3) is 0.417. The molecule has 0 radical (unpaired) electrons. The molecule has 0 saturated heterocycles. The molecule has 1 rings (SSSR count). The number of benzene rings is 1. The first-order valence-corrected chi connectivity index (χ1v) is 6.76. The van der Waals surface area contributed by atoms with Gasteiger partial charge in [-0.15, -0.1) is 0 Å². The third-order valence-electron chi connectivity index (χ3n) is 2.51. The molecule has 1 aromatic rings. The van der Waals surface area contributed by atoms with Crippen molar-refractivity contribution in [3.05, 3.63) is 30.3 Å². The van der Waals surface area contributed by atoms with E-state index < -0.39 is 16.0 Å². The Morgan fingerprint density at radius 1 is 1.41 bits per heavy atom. The summed E-state index contributed by atoms with van der Waals surface area (Å²) < 4.78 is 11.6. The average Bonchev–Trinajstić information content (AvgIpc) is 2.37. The largest absolute Gasteiger partial charge is 0.395 e. The molecule has 17 heavy (non-hydrogen) atoms. The smallest absolute Gasteiger partial charge is 0.242 e. The van der Waals surface area contributed by atoms with Crippen LogP contribution in [0.4, 0.5) is 5.69 Å². The van der Waals surface area contributed by atoms with E-state index in [-0.39, 0.29) is 18.3 Å². The van der Waals surface area contributed by atoms with Crippen LogP contribution < -0.4 is 4.90 Å². The highest BCUT2D eigenvalue weighted by Crippen LogP contribution is 2.13. The Morgan fingerprint density at radius 3 is 2.53 bits per heavy atom. The van der Waals surface area contributed by atoms with Gasteiger partial charge in [-0.1, -0.05) is 18.2 Å². The Balaban J connectivity index is 2.73. The van der Waals surface area contributed by atoms with E-state index in [2.05, 4.69) is 0 Å².